The van der Waals surface area contributed by atoms with Gasteiger partial charge >= 0.3 is 18.3 Å². The summed E-state index contributed by atoms with van der Waals surface area (Å²) < 4.78 is 82.9. The summed E-state index contributed by atoms with van der Waals surface area (Å²) in [4.78, 5) is 11.7. The largest absolute Gasteiger partial charge is 0.456 e. The average molecular weight is 362 g/mol. The summed E-state index contributed by atoms with van der Waals surface area (Å²) in [6.45, 7) is 5.52. The monoisotopic (exact) mass is 362 g/mol. The fourth-order valence-corrected chi connectivity index (χ4v) is 2.97. The molecule has 0 amide bonds. The molecule has 0 saturated heterocycles. The van der Waals surface area contributed by atoms with Gasteiger partial charge in [-0.25, -0.2) is 4.79 Å². The third-order valence-electron chi connectivity index (χ3n) is 4.44. The van der Waals surface area contributed by atoms with E-state index < -0.39 is 41.9 Å². The summed E-state index contributed by atoms with van der Waals surface area (Å²) in [5.74, 6) is -1.80. The molecule has 0 aromatic carbocycles. The molecule has 1 fully saturated rings. The second-order valence-electron chi connectivity index (χ2n) is 6.50. The lowest BCUT2D eigenvalue weighted by atomic mass is 9.77. The zero-order valence-electron chi connectivity index (χ0n) is 13.4. The first-order chi connectivity index (χ1) is 10.6. The number of esters is 1. The highest BCUT2D eigenvalue weighted by atomic mass is 19.4. The predicted octanol–water partition coefficient (Wildman–Crippen LogP) is 4.30. The van der Waals surface area contributed by atoms with E-state index in [0.29, 0.717) is 25.7 Å². The van der Waals surface area contributed by atoms with E-state index in [1.165, 1.54) is 6.92 Å². The first-order valence-corrected chi connectivity index (χ1v) is 7.39. The summed E-state index contributed by atoms with van der Waals surface area (Å²) in [5, 5.41) is 9.47. The number of aliphatic hydroxyl groups is 1. The van der Waals surface area contributed by atoms with Crippen molar-refractivity contribution in [3.63, 3.8) is 0 Å². The van der Waals surface area contributed by atoms with Crippen molar-refractivity contribution in [2.24, 2.45) is 5.92 Å². The van der Waals surface area contributed by atoms with Crippen molar-refractivity contribution in [1.82, 2.24) is 0 Å². The molecular weight excluding hydrogens is 342 g/mol. The zero-order valence-corrected chi connectivity index (χ0v) is 13.4. The maximum atomic E-state index is 13.0. The number of carbonyl (C=O) groups is 1. The molecule has 1 rings (SSSR count). The number of ether oxygens (including phenoxy) is 1. The van der Waals surface area contributed by atoms with Crippen molar-refractivity contribution in [1.29, 1.82) is 0 Å². The van der Waals surface area contributed by atoms with Gasteiger partial charge in [0.05, 0.1) is 0 Å². The molecule has 1 aliphatic carbocycles. The van der Waals surface area contributed by atoms with Crippen LogP contribution in [0.25, 0.3) is 0 Å². The fraction of sp³-hybridized carbons (Fsp3) is 0.800. The van der Waals surface area contributed by atoms with Crippen LogP contribution < -0.4 is 0 Å². The van der Waals surface area contributed by atoms with Crippen LogP contribution in [0.2, 0.25) is 0 Å². The van der Waals surface area contributed by atoms with Crippen LogP contribution in [0.3, 0.4) is 0 Å². The highest BCUT2D eigenvalue weighted by Gasteiger charge is 2.72. The van der Waals surface area contributed by atoms with Gasteiger partial charge in [0, 0.05) is 12.0 Å². The van der Waals surface area contributed by atoms with Crippen LogP contribution in [-0.2, 0) is 9.53 Å². The van der Waals surface area contributed by atoms with Crippen LogP contribution in [0, 0.1) is 5.92 Å². The Labute approximate surface area is 135 Å². The second-order valence-corrected chi connectivity index (χ2v) is 6.50. The molecule has 1 N–H and O–H groups in total. The minimum absolute atomic E-state index is 0.151. The first-order valence-electron chi connectivity index (χ1n) is 7.39. The molecule has 1 saturated carbocycles. The average Bonchev–Trinajstić information content (AvgIpc) is 2.89. The Balaban J connectivity index is 3.28. The summed E-state index contributed by atoms with van der Waals surface area (Å²) in [6, 6.07) is 0. The molecule has 0 bridgehead atoms. The topological polar surface area (TPSA) is 46.5 Å². The van der Waals surface area contributed by atoms with E-state index in [1.807, 2.05) is 0 Å². The Hall–Kier alpha value is -1.25. The van der Waals surface area contributed by atoms with Gasteiger partial charge in [0.1, 0.15) is 5.60 Å². The van der Waals surface area contributed by atoms with Crippen LogP contribution >= 0.6 is 0 Å². The molecule has 1 atom stereocenters. The smallest absolute Gasteiger partial charge is 0.426 e. The van der Waals surface area contributed by atoms with Crippen molar-refractivity contribution in [2.45, 2.75) is 69.5 Å². The van der Waals surface area contributed by atoms with E-state index >= 15 is 0 Å². The molecule has 3 nitrogen and oxygen atoms in total. The third-order valence-corrected chi connectivity index (χ3v) is 4.44. The van der Waals surface area contributed by atoms with Crippen molar-refractivity contribution in [2.75, 3.05) is 0 Å². The zero-order chi connectivity index (χ0) is 19.0. The molecule has 9 heteroatoms. The van der Waals surface area contributed by atoms with Gasteiger partial charge in [-0.1, -0.05) is 19.4 Å². The van der Waals surface area contributed by atoms with E-state index in [-0.39, 0.29) is 5.57 Å². The molecule has 1 unspecified atom stereocenters. The van der Waals surface area contributed by atoms with Crippen LogP contribution in [0.4, 0.5) is 26.3 Å². The number of rotatable bonds is 5. The first kappa shape index (κ1) is 20.8. The lowest BCUT2D eigenvalue weighted by Gasteiger charge is -2.42. The van der Waals surface area contributed by atoms with E-state index in [4.69, 9.17) is 4.74 Å². The summed E-state index contributed by atoms with van der Waals surface area (Å²) in [6.07, 6.45) is -11.9. The van der Waals surface area contributed by atoms with Crippen LogP contribution in [0.15, 0.2) is 12.2 Å². The molecular formula is C15H20F6O3. The van der Waals surface area contributed by atoms with Crippen molar-refractivity contribution < 1.29 is 41.0 Å². The van der Waals surface area contributed by atoms with Crippen LogP contribution in [0.1, 0.15) is 46.0 Å². The Kier molecular flexibility index (Phi) is 5.69. The Morgan fingerprint density at radius 3 is 1.88 bits per heavy atom. The third kappa shape index (κ3) is 4.04. The summed E-state index contributed by atoms with van der Waals surface area (Å²) >= 11 is 0. The lowest BCUT2D eigenvalue weighted by molar-refractivity contribution is -0.379. The summed E-state index contributed by atoms with van der Waals surface area (Å²) in [7, 11) is 0. The van der Waals surface area contributed by atoms with Crippen LogP contribution in [-0.4, -0.2) is 34.6 Å². The SMILES string of the molecule is C=C(C)C(=O)OC(C)(CC(O)(C(F)(F)F)C(F)(F)F)C1CCCC1. The molecule has 0 aromatic rings. The van der Waals surface area contributed by atoms with Gasteiger partial charge in [-0.15, -0.1) is 0 Å². The quantitative estimate of drug-likeness (QED) is 0.451. The van der Waals surface area contributed by atoms with Gasteiger partial charge in [0.15, 0.2) is 0 Å². The molecule has 0 spiro atoms. The molecule has 0 heterocycles. The number of hydrogen-bond donors (Lipinski definition) is 1. The standard InChI is InChI=1S/C15H20F6O3/c1-9(2)11(22)24-12(3,10-6-4-5-7-10)8-13(23,14(16,17)18)15(19,20)21/h10,23H,1,4-8H2,2-3H3. The van der Waals surface area contributed by atoms with E-state index in [1.54, 1.807) is 0 Å². The van der Waals surface area contributed by atoms with Gasteiger partial charge in [0.25, 0.3) is 5.60 Å². The Morgan fingerprint density at radius 2 is 1.54 bits per heavy atom. The van der Waals surface area contributed by atoms with Crippen molar-refractivity contribution >= 4 is 5.97 Å². The molecule has 0 radical (unpaired) electrons. The second kappa shape index (κ2) is 6.57. The van der Waals surface area contributed by atoms with E-state index in [9.17, 15) is 36.2 Å². The minimum Gasteiger partial charge on any atom is -0.456 e. The molecule has 1 aliphatic rings. The molecule has 140 valence electrons. The van der Waals surface area contributed by atoms with Crippen molar-refractivity contribution in [3.05, 3.63) is 12.2 Å². The van der Waals surface area contributed by atoms with Gasteiger partial charge < -0.3 is 9.84 Å². The normalized spacial score (nSPS) is 19.9. The van der Waals surface area contributed by atoms with E-state index in [2.05, 4.69) is 6.58 Å². The number of alkyl halides is 6. The van der Waals surface area contributed by atoms with Crippen molar-refractivity contribution in [3.8, 4) is 0 Å². The minimum atomic E-state index is -5.96. The van der Waals surface area contributed by atoms with Crippen LogP contribution in [0.5, 0.6) is 0 Å². The predicted molar refractivity (Wildman–Crippen MR) is 72.9 cm³/mol. The molecule has 0 aromatic heterocycles. The highest BCUT2D eigenvalue weighted by molar-refractivity contribution is 5.87. The number of halogens is 6. The Morgan fingerprint density at radius 1 is 1.12 bits per heavy atom. The van der Waals surface area contributed by atoms with Gasteiger partial charge in [-0.05, 0) is 32.6 Å². The fourth-order valence-electron chi connectivity index (χ4n) is 2.97. The maximum Gasteiger partial charge on any atom is 0.426 e. The number of hydrogen-bond acceptors (Lipinski definition) is 3. The molecule has 24 heavy (non-hydrogen) atoms. The van der Waals surface area contributed by atoms with Gasteiger partial charge in [0.2, 0.25) is 0 Å². The lowest BCUT2D eigenvalue weighted by Crippen LogP contribution is -2.61. The summed E-state index contributed by atoms with van der Waals surface area (Å²) in [5.41, 5.74) is -7.24. The highest BCUT2D eigenvalue weighted by Crippen LogP contribution is 2.51. The molecule has 0 aliphatic heterocycles. The maximum absolute atomic E-state index is 13.0. The van der Waals surface area contributed by atoms with Gasteiger partial charge in [-0.2, -0.15) is 26.3 Å². The van der Waals surface area contributed by atoms with E-state index in [0.717, 1.165) is 6.92 Å². The number of carbonyl (C=O) groups excluding carboxylic acids is 1. The Bertz CT molecular complexity index is 476. The van der Waals surface area contributed by atoms with Gasteiger partial charge in [-0.3, -0.25) is 0 Å².